The SMILES string of the molecule is CC(C)(C)CC(C)(C)NC1=C(c2ccco2)NC(c2ccccc2)S1. The maximum Gasteiger partial charge on any atom is 0.152 e. The maximum absolute atomic E-state index is 5.67. The fraction of sp³-hybridized carbons (Fsp3) is 0.429. The molecule has 0 amide bonds. The van der Waals surface area contributed by atoms with Gasteiger partial charge in [0, 0.05) is 5.54 Å². The minimum Gasteiger partial charge on any atom is -0.463 e. The molecule has 3 nitrogen and oxygen atoms in total. The fourth-order valence-corrected chi connectivity index (χ4v) is 4.87. The lowest BCUT2D eigenvalue weighted by atomic mass is 9.82. The predicted octanol–water partition coefficient (Wildman–Crippen LogP) is 5.75. The molecule has 0 saturated carbocycles. The first-order valence-corrected chi connectivity index (χ1v) is 9.66. The molecular formula is C21H28N2OS. The molecule has 1 aromatic heterocycles. The van der Waals surface area contributed by atoms with Gasteiger partial charge in [0.15, 0.2) is 5.76 Å². The highest BCUT2D eigenvalue weighted by atomic mass is 32.2. The third-order valence-electron chi connectivity index (χ3n) is 4.03. The average Bonchev–Trinajstić information content (AvgIpc) is 3.14. The molecule has 0 radical (unpaired) electrons. The summed E-state index contributed by atoms with van der Waals surface area (Å²) in [5.74, 6) is 0.875. The van der Waals surface area contributed by atoms with Gasteiger partial charge in [-0.2, -0.15) is 0 Å². The summed E-state index contributed by atoms with van der Waals surface area (Å²) in [7, 11) is 0. The second-order valence-corrected chi connectivity index (χ2v) is 9.60. The van der Waals surface area contributed by atoms with Gasteiger partial charge >= 0.3 is 0 Å². The molecule has 0 saturated heterocycles. The van der Waals surface area contributed by atoms with E-state index in [0.29, 0.717) is 0 Å². The summed E-state index contributed by atoms with van der Waals surface area (Å²) < 4.78 is 5.67. The molecule has 134 valence electrons. The van der Waals surface area contributed by atoms with Crippen LogP contribution in [0.5, 0.6) is 0 Å². The summed E-state index contributed by atoms with van der Waals surface area (Å²) in [4.78, 5) is 0. The van der Waals surface area contributed by atoms with Gasteiger partial charge in [0.2, 0.25) is 0 Å². The van der Waals surface area contributed by atoms with Crippen molar-refractivity contribution < 1.29 is 4.42 Å². The van der Waals surface area contributed by atoms with Crippen LogP contribution in [0.25, 0.3) is 5.70 Å². The van der Waals surface area contributed by atoms with Crippen LogP contribution in [0.15, 0.2) is 58.2 Å². The van der Waals surface area contributed by atoms with Gasteiger partial charge in [0.25, 0.3) is 0 Å². The third kappa shape index (κ3) is 4.63. The summed E-state index contributed by atoms with van der Waals surface area (Å²) in [6.45, 7) is 11.4. The van der Waals surface area contributed by atoms with Crippen molar-refractivity contribution in [3.05, 3.63) is 65.1 Å². The number of furan rings is 1. The Hall–Kier alpha value is -1.81. The highest BCUT2D eigenvalue weighted by Crippen LogP contribution is 2.43. The second kappa shape index (κ2) is 6.83. The largest absolute Gasteiger partial charge is 0.463 e. The lowest BCUT2D eigenvalue weighted by Crippen LogP contribution is -2.41. The van der Waals surface area contributed by atoms with E-state index in [1.165, 1.54) is 5.56 Å². The number of hydrogen-bond acceptors (Lipinski definition) is 4. The van der Waals surface area contributed by atoms with Crippen molar-refractivity contribution in [2.75, 3.05) is 0 Å². The zero-order valence-electron chi connectivity index (χ0n) is 15.7. The van der Waals surface area contributed by atoms with Crippen molar-refractivity contribution >= 4 is 17.5 Å². The van der Waals surface area contributed by atoms with E-state index in [4.69, 9.17) is 4.42 Å². The Morgan fingerprint density at radius 3 is 2.36 bits per heavy atom. The molecule has 2 aromatic rings. The molecule has 1 unspecified atom stereocenters. The van der Waals surface area contributed by atoms with Crippen LogP contribution < -0.4 is 10.6 Å². The molecule has 0 fully saturated rings. The smallest absolute Gasteiger partial charge is 0.152 e. The zero-order chi connectivity index (χ0) is 18.1. The molecule has 0 spiro atoms. The Balaban J connectivity index is 1.86. The van der Waals surface area contributed by atoms with Crippen LogP contribution >= 0.6 is 11.8 Å². The first-order chi connectivity index (χ1) is 11.7. The van der Waals surface area contributed by atoms with Crippen molar-refractivity contribution in [3.8, 4) is 0 Å². The minimum absolute atomic E-state index is 0.00825. The molecule has 3 rings (SSSR count). The van der Waals surface area contributed by atoms with Gasteiger partial charge in [0.05, 0.1) is 11.3 Å². The van der Waals surface area contributed by atoms with Crippen molar-refractivity contribution in [2.45, 2.75) is 52.0 Å². The molecular weight excluding hydrogens is 328 g/mol. The number of hydrogen-bond donors (Lipinski definition) is 2. The number of benzene rings is 1. The monoisotopic (exact) mass is 356 g/mol. The third-order valence-corrected chi connectivity index (χ3v) is 5.20. The predicted molar refractivity (Wildman–Crippen MR) is 107 cm³/mol. The number of rotatable bonds is 5. The summed E-state index contributed by atoms with van der Waals surface area (Å²) >= 11 is 1.82. The Labute approximate surface area is 155 Å². The lowest BCUT2D eigenvalue weighted by Gasteiger charge is -2.34. The van der Waals surface area contributed by atoms with Gasteiger partial charge in [-0.05, 0) is 43.4 Å². The molecule has 1 atom stereocenters. The number of nitrogens with one attached hydrogen (secondary N) is 2. The molecule has 1 aromatic carbocycles. The van der Waals surface area contributed by atoms with Crippen molar-refractivity contribution in [1.82, 2.24) is 10.6 Å². The van der Waals surface area contributed by atoms with Gasteiger partial charge in [-0.3, -0.25) is 0 Å². The quantitative estimate of drug-likeness (QED) is 0.716. The first-order valence-electron chi connectivity index (χ1n) is 8.78. The van der Waals surface area contributed by atoms with E-state index in [0.717, 1.165) is 22.9 Å². The Morgan fingerprint density at radius 1 is 1.04 bits per heavy atom. The van der Waals surface area contributed by atoms with E-state index in [1.807, 2.05) is 23.9 Å². The van der Waals surface area contributed by atoms with Crippen molar-refractivity contribution in [1.29, 1.82) is 0 Å². The fourth-order valence-electron chi connectivity index (χ4n) is 3.56. The molecule has 0 bridgehead atoms. The molecule has 1 aliphatic heterocycles. The van der Waals surface area contributed by atoms with Crippen LogP contribution in [-0.2, 0) is 0 Å². The van der Waals surface area contributed by atoms with Crippen LogP contribution in [0.2, 0.25) is 0 Å². The lowest BCUT2D eigenvalue weighted by molar-refractivity contribution is 0.259. The topological polar surface area (TPSA) is 37.2 Å². The summed E-state index contributed by atoms with van der Waals surface area (Å²) in [5.41, 5.74) is 2.57. The van der Waals surface area contributed by atoms with E-state index in [9.17, 15) is 0 Å². The minimum atomic E-state index is -0.00825. The summed E-state index contributed by atoms with van der Waals surface area (Å²) in [6, 6.07) is 14.5. The van der Waals surface area contributed by atoms with Gasteiger partial charge in [-0.1, -0.05) is 62.9 Å². The Kier molecular flexibility index (Phi) is 4.92. The van der Waals surface area contributed by atoms with Gasteiger partial charge in [-0.25, -0.2) is 0 Å². The van der Waals surface area contributed by atoms with Gasteiger partial charge < -0.3 is 15.1 Å². The molecule has 1 aliphatic rings. The van der Waals surface area contributed by atoms with Gasteiger partial charge in [0.1, 0.15) is 11.1 Å². The first kappa shape index (κ1) is 18.0. The normalized spacial score (nSPS) is 18.4. The highest BCUT2D eigenvalue weighted by molar-refractivity contribution is 8.03. The highest BCUT2D eigenvalue weighted by Gasteiger charge is 2.33. The van der Waals surface area contributed by atoms with Crippen LogP contribution in [-0.4, -0.2) is 5.54 Å². The Morgan fingerprint density at radius 2 is 1.76 bits per heavy atom. The molecule has 4 heteroatoms. The maximum atomic E-state index is 5.67. The zero-order valence-corrected chi connectivity index (χ0v) is 16.5. The van der Waals surface area contributed by atoms with Crippen molar-refractivity contribution in [3.63, 3.8) is 0 Å². The summed E-state index contributed by atoms with van der Waals surface area (Å²) in [5, 5.41) is 8.74. The molecule has 0 aliphatic carbocycles. The number of thioether (sulfide) groups is 1. The van der Waals surface area contributed by atoms with E-state index in [2.05, 4.69) is 75.6 Å². The van der Waals surface area contributed by atoms with Crippen LogP contribution in [0.3, 0.4) is 0 Å². The van der Waals surface area contributed by atoms with Gasteiger partial charge in [-0.15, -0.1) is 0 Å². The summed E-state index contributed by atoms with van der Waals surface area (Å²) in [6.07, 6.45) is 2.80. The van der Waals surface area contributed by atoms with E-state index < -0.39 is 0 Å². The average molecular weight is 357 g/mol. The standard InChI is InChI=1S/C21H28N2OS/c1-20(2,3)14-21(4,5)23-19-17(16-12-9-13-24-16)22-18(25-19)15-10-7-6-8-11-15/h6-13,18,22-23H,14H2,1-5H3. The molecule has 2 heterocycles. The van der Waals surface area contributed by atoms with E-state index >= 15 is 0 Å². The molecule has 25 heavy (non-hydrogen) atoms. The van der Waals surface area contributed by atoms with Crippen LogP contribution in [0.4, 0.5) is 0 Å². The Bertz CT molecular complexity index is 727. The van der Waals surface area contributed by atoms with E-state index in [-0.39, 0.29) is 16.3 Å². The van der Waals surface area contributed by atoms with E-state index in [1.54, 1.807) is 6.26 Å². The van der Waals surface area contributed by atoms with Crippen LogP contribution in [0.1, 0.15) is 57.7 Å². The second-order valence-electron chi connectivity index (χ2n) is 8.48. The van der Waals surface area contributed by atoms with Crippen LogP contribution in [0, 0.1) is 5.41 Å². The van der Waals surface area contributed by atoms with Crippen molar-refractivity contribution in [2.24, 2.45) is 5.41 Å². The molecule has 2 N–H and O–H groups in total.